The highest BCUT2D eigenvalue weighted by molar-refractivity contribution is 5.79. The number of fused-ring (bicyclic) bond motifs is 1. The monoisotopic (exact) mass is 295 g/mol. The number of non-ortho nitro benzene ring substituents is 1. The van der Waals surface area contributed by atoms with Crippen molar-refractivity contribution in [3.05, 3.63) is 75.1 Å². The van der Waals surface area contributed by atoms with Gasteiger partial charge in [0.25, 0.3) is 5.69 Å². The summed E-state index contributed by atoms with van der Waals surface area (Å²) in [6.45, 7) is 0. The van der Waals surface area contributed by atoms with E-state index in [1.165, 1.54) is 30.3 Å². The Hall–Kier alpha value is -3.35. The molecule has 0 bridgehead atoms. The second-order valence-electron chi connectivity index (χ2n) is 4.45. The maximum atomic E-state index is 11.1. The fraction of sp³-hybridized carbons (Fsp3) is 0. The summed E-state index contributed by atoms with van der Waals surface area (Å²) < 4.78 is 5.02. The van der Waals surface area contributed by atoms with Gasteiger partial charge < -0.3 is 4.42 Å². The zero-order valence-electron chi connectivity index (χ0n) is 11.2. The highest BCUT2D eigenvalue weighted by atomic mass is 16.6. The third-order valence-electron chi connectivity index (χ3n) is 2.94. The molecule has 0 amide bonds. The summed E-state index contributed by atoms with van der Waals surface area (Å²) in [6.07, 6.45) is 0. The number of nitrogens with zero attached hydrogens (tertiary/aromatic N) is 3. The highest BCUT2D eigenvalue weighted by Crippen LogP contribution is 2.23. The van der Waals surface area contributed by atoms with E-state index in [0.29, 0.717) is 17.0 Å². The molecule has 0 saturated heterocycles. The number of benzene rings is 2. The lowest BCUT2D eigenvalue weighted by molar-refractivity contribution is -0.384. The van der Waals surface area contributed by atoms with E-state index in [9.17, 15) is 14.9 Å². The van der Waals surface area contributed by atoms with Crippen LogP contribution in [0.1, 0.15) is 0 Å². The molecule has 2 aromatic carbocycles. The normalized spacial score (nSPS) is 11.1. The van der Waals surface area contributed by atoms with Crippen LogP contribution in [-0.4, -0.2) is 4.92 Å². The van der Waals surface area contributed by atoms with E-state index in [1.807, 2.05) is 0 Å². The van der Waals surface area contributed by atoms with Gasteiger partial charge in [-0.3, -0.25) is 10.1 Å². The molecule has 0 N–H and O–H groups in total. The first-order valence-corrected chi connectivity index (χ1v) is 6.32. The molecule has 0 radical (unpaired) electrons. The predicted molar refractivity (Wildman–Crippen MR) is 79.8 cm³/mol. The van der Waals surface area contributed by atoms with Crippen LogP contribution in [0.5, 0.6) is 0 Å². The zero-order chi connectivity index (χ0) is 15.5. The average molecular weight is 295 g/mol. The Morgan fingerprint density at radius 3 is 2.32 bits per heavy atom. The molecule has 0 spiro atoms. The number of hydrogen-bond acceptors (Lipinski definition) is 6. The van der Waals surface area contributed by atoms with Gasteiger partial charge in [0.1, 0.15) is 5.58 Å². The summed E-state index contributed by atoms with van der Waals surface area (Å²) >= 11 is 0. The molecule has 0 aliphatic heterocycles. The van der Waals surface area contributed by atoms with Gasteiger partial charge in [0.2, 0.25) is 0 Å². The number of rotatable bonds is 3. The molecule has 0 unspecified atom stereocenters. The molecule has 0 saturated carbocycles. The third-order valence-corrected chi connectivity index (χ3v) is 2.94. The molecule has 0 atom stereocenters. The first-order chi connectivity index (χ1) is 10.6. The molecule has 1 aromatic heterocycles. The van der Waals surface area contributed by atoms with Crippen molar-refractivity contribution in [2.75, 3.05) is 0 Å². The molecule has 7 heteroatoms. The lowest BCUT2D eigenvalue weighted by Gasteiger charge is -1.97. The molecule has 22 heavy (non-hydrogen) atoms. The second-order valence-corrected chi connectivity index (χ2v) is 4.45. The molecule has 0 fully saturated rings. The van der Waals surface area contributed by atoms with Gasteiger partial charge in [-0.2, -0.15) is 10.2 Å². The Bertz CT molecular complexity index is 929. The van der Waals surface area contributed by atoms with Gasteiger partial charge in [0.05, 0.1) is 16.3 Å². The van der Waals surface area contributed by atoms with Crippen LogP contribution in [-0.2, 0) is 0 Å². The van der Waals surface area contributed by atoms with Crippen LogP contribution in [0, 0.1) is 10.1 Å². The van der Waals surface area contributed by atoms with E-state index in [0.717, 1.165) is 5.39 Å². The van der Waals surface area contributed by atoms with Crippen molar-refractivity contribution in [3.63, 3.8) is 0 Å². The minimum Gasteiger partial charge on any atom is -0.423 e. The Labute approximate surface area is 123 Å². The molecule has 1 heterocycles. The first kappa shape index (κ1) is 13.6. The van der Waals surface area contributed by atoms with Crippen LogP contribution < -0.4 is 5.63 Å². The van der Waals surface area contributed by atoms with Gasteiger partial charge >= 0.3 is 5.63 Å². The SMILES string of the molecule is O=c1ccc2cc(N=Nc3ccc([N+](=O)[O-])cc3)ccc2o1. The summed E-state index contributed by atoms with van der Waals surface area (Å²) in [5, 5.41) is 19.4. The van der Waals surface area contributed by atoms with E-state index in [-0.39, 0.29) is 5.69 Å². The molecular formula is C15H9N3O4. The summed E-state index contributed by atoms with van der Waals surface area (Å²) in [7, 11) is 0. The number of azo groups is 1. The standard InChI is InChI=1S/C15H9N3O4/c19-15-8-1-10-9-12(4-7-14(10)22-15)17-16-11-2-5-13(6-3-11)18(20)21/h1-9H. The van der Waals surface area contributed by atoms with Crippen molar-refractivity contribution >= 4 is 28.0 Å². The predicted octanol–water partition coefficient (Wildman–Crippen LogP) is 4.12. The van der Waals surface area contributed by atoms with Crippen LogP contribution in [0.4, 0.5) is 17.1 Å². The smallest absolute Gasteiger partial charge is 0.336 e. The van der Waals surface area contributed by atoms with Crippen molar-refractivity contribution < 1.29 is 9.34 Å². The van der Waals surface area contributed by atoms with Crippen molar-refractivity contribution in [2.45, 2.75) is 0 Å². The minimum absolute atomic E-state index is 0.000293. The Kier molecular flexibility index (Phi) is 3.45. The van der Waals surface area contributed by atoms with Crippen molar-refractivity contribution in [1.82, 2.24) is 0 Å². The molecule has 0 aliphatic carbocycles. The number of hydrogen-bond donors (Lipinski definition) is 0. The summed E-state index contributed by atoms with van der Waals surface area (Å²) in [5.74, 6) is 0. The summed E-state index contributed by atoms with van der Waals surface area (Å²) in [5.41, 5.74) is 1.15. The topological polar surface area (TPSA) is 98.1 Å². The molecule has 0 aliphatic rings. The van der Waals surface area contributed by atoms with Gasteiger partial charge in [0.15, 0.2) is 0 Å². The molecule has 3 aromatic rings. The largest absolute Gasteiger partial charge is 0.423 e. The molecule has 3 rings (SSSR count). The van der Waals surface area contributed by atoms with Gasteiger partial charge in [-0.25, -0.2) is 4.79 Å². The Morgan fingerprint density at radius 1 is 0.909 bits per heavy atom. The Balaban J connectivity index is 1.87. The zero-order valence-corrected chi connectivity index (χ0v) is 11.2. The minimum atomic E-state index is -0.474. The van der Waals surface area contributed by atoms with Crippen LogP contribution in [0.3, 0.4) is 0 Å². The van der Waals surface area contributed by atoms with Crippen LogP contribution >= 0.6 is 0 Å². The third kappa shape index (κ3) is 2.88. The molecule has 7 nitrogen and oxygen atoms in total. The molecular weight excluding hydrogens is 286 g/mol. The fourth-order valence-electron chi connectivity index (χ4n) is 1.88. The summed E-state index contributed by atoms with van der Waals surface area (Å²) in [6, 6.07) is 13.8. The van der Waals surface area contributed by atoms with Gasteiger partial charge in [-0.1, -0.05) is 0 Å². The van der Waals surface area contributed by atoms with E-state index in [1.54, 1.807) is 24.3 Å². The van der Waals surface area contributed by atoms with Gasteiger partial charge in [-0.15, -0.1) is 0 Å². The second kappa shape index (κ2) is 5.57. The number of nitro benzene ring substituents is 1. The van der Waals surface area contributed by atoms with Crippen LogP contribution in [0.15, 0.2) is 74.0 Å². The lowest BCUT2D eigenvalue weighted by atomic mass is 10.2. The lowest BCUT2D eigenvalue weighted by Crippen LogP contribution is -1.93. The van der Waals surface area contributed by atoms with Crippen molar-refractivity contribution in [3.8, 4) is 0 Å². The Morgan fingerprint density at radius 2 is 1.59 bits per heavy atom. The maximum absolute atomic E-state index is 11.1. The summed E-state index contributed by atoms with van der Waals surface area (Å²) in [4.78, 5) is 21.2. The van der Waals surface area contributed by atoms with Gasteiger partial charge in [-0.05, 0) is 36.4 Å². The fourth-order valence-corrected chi connectivity index (χ4v) is 1.88. The highest BCUT2D eigenvalue weighted by Gasteiger charge is 2.03. The van der Waals surface area contributed by atoms with Gasteiger partial charge in [0, 0.05) is 23.6 Å². The van der Waals surface area contributed by atoms with Crippen molar-refractivity contribution in [1.29, 1.82) is 0 Å². The number of nitro groups is 1. The van der Waals surface area contributed by atoms with E-state index < -0.39 is 10.5 Å². The van der Waals surface area contributed by atoms with Crippen LogP contribution in [0.2, 0.25) is 0 Å². The van der Waals surface area contributed by atoms with E-state index in [2.05, 4.69) is 10.2 Å². The maximum Gasteiger partial charge on any atom is 0.336 e. The average Bonchev–Trinajstić information content (AvgIpc) is 2.53. The van der Waals surface area contributed by atoms with Crippen molar-refractivity contribution in [2.24, 2.45) is 10.2 Å². The van der Waals surface area contributed by atoms with E-state index >= 15 is 0 Å². The van der Waals surface area contributed by atoms with E-state index in [4.69, 9.17) is 4.42 Å². The quantitative estimate of drug-likeness (QED) is 0.314. The first-order valence-electron chi connectivity index (χ1n) is 6.32. The molecule has 108 valence electrons. The van der Waals surface area contributed by atoms with Crippen LogP contribution in [0.25, 0.3) is 11.0 Å².